The van der Waals surface area contributed by atoms with Crippen LogP contribution in [0.1, 0.15) is 29.9 Å². The number of nitrogens with one attached hydrogen (secondary N) is 1. The van der Waals surface area contributed by atoms with Gasteiger partial charge in [-0.2, -0.15) is 9.50 Å². The molecule has 7 nitrogen and oxygen atoms in total. The molecule has 0 saturated carbocycles. The maximum absolute atomic E-state index is 13.4. The first-order valence-electron chi connectivity index (χ1n) is 10.1. The molecule has 2 aromatic carbocycles. The normalized spacial score (nSPS) is 11.2. The summed E-state index contributed by atoms with van der Waals surface area (Å²) in [5.74, 6) is 0.292. The van der Waals surface area contributed by atoms with Gasteiger partial charge in [-0.15, -0.1) is 11.8 Å². The maximum atomic E-state index is 13.4. The molecular weight excluding hydrogens is 429 g/mol. The fraction of sp³-hybridized carbons (Fsp3) is 0.217. The van der Waals surface area contributed by atoms with Gasteiger partial charge in [-0.25, -0.2) is 9.37 Å². The summed E-state index contributed by atoms with van der Waals surface area (Å²) in [6.45, 7) is 4.81. The van der Waals surface area contributed by atoms with Gasteiger partial charge in [0.25, 0.3) is 17.2 Å². The number of nitrogens with zero attached hydrogens (tertiary/aromatic N) is 4. The number of carbonyl (C=O) groups is 1. The molecule has 0 bridgehead atoms. The van der Waals surface area contributed by atoms with E-state index in [4.69, 9.17) is 0 Å². The highest BCUT2D eigenvalue weighted by Gasteiger charge is 2.13. The molecule has 0 spiro atoms. The first-order chi connectivity index (χ1) is 15.4. The molecule has 32 heavy (non-hydrogen) atoms. The van der Waals surface area contributed by atoms with Crippen LogP contribution < -0.4 is 10.9 Å². The van der Waals surface area contributed by atoms with Crippen molar-refractivity contribution in [2.24, 2.45) is 5.92 Å². The van der Waals surface area contributed by atoms with Crippen molar-refractivity contribution in [2.45, 2.75) is 31.0 Å². The van der Waals surface area contributed by atoms with E-state index in [1.54, 1.807) is 23.1 Å². The molecule has 4 rings (SSSR count). The lowest BCUT2D eigenvalue weighted by molar-refractivity contribution is 0.102. The molecule has 0 saturated heterocycles. The van der Waals surface area contributed by atoms with Gasteiger partial charge in [0.2, 0.25) is 0 Å². The van der Waals surface area contributed by atoms with Crippen molar-refractivity contribution in [1.29, 1.82) is 0 Å². The smallest absolute Gasteiger partial charge is 0.274 e. The Kier molecular flexibility index (Phi) is 6.36. The van der Waals surface area contributed by atoms with E-state index in [1.165, 1.54) is 40.5 Å². The van der Waals surface area contributed by atoms with E-state index in [-0.39, 0.29) is 11.1 Å². The lowest BCUT2D eigenvalue weighted by Crippen LogP contribution is -2.22. The SMILES string of the molecule is CC(C)Cn1cnc2nc(CSc3ccccc3NC(=O)c3cccc(F)c3)cc(=O)n21. The minimum Gasteiger partial charge on any atom is -0.321 e. The number of thioether (sulfide) groups is 1. The average molecular weight is 452 g/mol. The number of aromatic nitrogens is 4. The Labute approximate surface area is 188 Å². The molecule has 0 unspecified atom stereocenters. The van der Waals surface area contributed by atoms with Crippen LogP contribution in [0, 0.1) is 11.7 Å². The van der Waals surface area contributed by atoms with Crippen molar-refractivity contribution < 1.29 is 9.18 Å². The van der Waals surface area contributed by atoms with E-state index in [2.05, 4.69) is 29.1 Å². The lowest BCUT2D eigenvalue weighted by atomic mass is 10.2. The number of hydrogen-bond donors (Lipinski definition) is 1. The van der Waals surface area contributed by atoms with Gasteiger partial charge in [-0.05, 0) is 36.2 Å². The van der Waals surface area contributed by atoms with E-state index < -0.39 is 11.7 Å². The number of hydrogen-bond acceptors (Lipinski definition) is 5. The number of halogens is 1. The Morgan fingerprint density at radius 3 is 2.75 bits per heavy atom. The average Bonchev–Trinajstić information content (AvgIpc) is 3.15. The van der Waals surface area contributed by atoms with Gasteiger partial charge in [0.05, 0.1) is 11.4 Å². The number of carbonyl (C=O) groups excluding carboxylic acids is 1. The molecule has 1 N–H and O–H groups in total. The Hall–Kier alpha value is -3.46. The third-order valence-corrected chi connectivity index (χ3v) is 5.75. The van der Waals surface area contributed by atoms with Crippen LogP contribution in [0.15, 0.2) is 70.6 Å². The molecule has 2 heterocycles. The van der Waals surface area contributed by atoms with Gasteiger partial charge < -0.3 is 5.32 Å². The van der Waals surface area contributed by atoms with Crippen LogP contribution in [-0.2, 0) is 12.3 Å². The zero-order chi connectivity index (χ0) is 22.7. The standard InChI is InChI=1S/C23H22FN5O2S/c1-15(2)12-28-14-25-23-26-18(11-21(30)29(23)28)13-32-20-9-4-3-8-19(20)27-22(31)16-6-5-7-17(24)10-16/h3-11,14-15H,12-13H2,1-2H3,(H,27,31). The summed E-state index contributed by atoms with van der Waals surface area (Å²) in [4.78, 5) is 34.7. The second kappa shape index (κ2) is 9.35. The Morgan fingerprint density at radius 2 is 1.97 bits per heavy atom. The minimum absolute atomic E-state index is 0.184. The van der Waals surface area contributed by atoms with E-state index in [0.29, 0.717) is 35.4 Å². The minimum atomic E-state index is -0.469. The van der Waals surface area contributed by atoms with E-state index in [1.807, 2.05) is 18.2 Å². The summed E-state index contributed by atoms with van der Waals surface area (Å²) in [5.41, 5.74) is 1.25. The van der Waals surface area contributed by atoms with Crippen molar-refractivity contribution >= 4 is 29.1 Å². The largest absolute Gasteiger partial charge is 0.321 e. The van der Waals surface area contributed by atoms with Crippen molar-refractivity contribution in [3.63, 3.8) is 0 Å². The summed E-state index contributed by atoms with van der Waals surface area (Å²) < 4.78 is 16.7. The molecule has 0 aliphatic rings. The lowest BCUT2D eigenvalue weighted by Gasteiger charge is -2.11. The molecule has 1 amide bonds. The van der Waals surface area contributed by atoms with Crippen LogP contribution in [0.25, 0.3) is 5.78 Å². The maximum Gasteiger partial charge on any atom is 0.274 e. The van der Waals surface area contributed by atoms with Crippen molar-refractivity contribution in [1.82, 2.24) is 19.2 Å². The van der Waals surface area contributed by atoms with Gasteiger partial charge in [0.15, 0.2) is 0 Å². The topological polar surface area (TPSA) is 81.3 Å². The van der Waals surface area contributed by atoms with Crippen LogP contribution in [-0.4, -0.2) is 25.1 Å². The molecule has 0 radical (unpaired) electrons. The quantitative estimate of drug-likeness (QED) is 0.425. The van der Waals surface area contributed by atoms with Gasteiger partial charge in [0.1, 0.15) is 12.1 Å². The van der Waals surface area contributed by atoms with Gasteiger partial charge in [-0.1, -0.05) is 32.0 Å². The van der Waals surface area contributed by atoms with Crippen LogP contribution in [0.4, 0.5) is 10.1 Å². The van der Waals surface area contributed by atoms with Crippen LogP contribution >= 0.6 is 11.8 Å². The molecule has 0 fully saturated rings. The molecule has 0 atom stereocenters. The molecule has 0 aliphatic carbocycles. The van der Waals surface area contributed by atoms with Gasteiger partial charge in [-0.3, -0.25) is 14.3 Å². The van der Waals surface area contributed by atoms with E-state index in [0.717, 1.165) is 4.90 Å². The summed E-state index contributed by atoms with van der Waals surface area (Å²) in [6.07, 6.45) is 1.62. The number of amides is 1. The fourth-order valence-corrected chi connectivity index (χ4v) is 4.15. The van der Waals surface area contributed by atoms with Crippen molar-refractivity contribution in [3.8, 4) is 0 Å². The number of anilines is 1. The molecule has 9 heteroatoms. The monoisotopic (exact) mass is 451 g/mol. The molecular formula is C23H22FN5O2S. The first kappa shape index (κ1) is 21.8. The number of para-hydroxylation sites is 1. The van der Waals surface area contributed by atoms with Crippen LogP contribution in [0.3, 0.4) is 0 Å². The molecule has 0 aliphatic heterocycles. The fourth-order valence-electron chi connectivity index (χ4n) is 3.25. The first-order valence-corrected chi connectivity index (χ1v) is 11.1. The summed E-state index contributed by atoms with van der Waals surface area (Å²) >= 11 is 1.44. The number of rotatable bonds is 7. The second-order valence-corrected chi connectivity index (χ2v) is 8.72. The zero-order valence-electron chi connectivity index (χ0n) is 17.7. The van der Waals surface area contributed by atoms with Gasteiger partial charge in [0, 0.05) is 28.8 Å². The number of benzene rings is 2. The molecule has 164 valence electrons. The highest BCUT2D eigenvalue weighted by Crippen LogP contribution is 2.29. The summed E-state index contributed by atoms with van der Waals surface area (Å²) in [7, 11) is 0. The third kappa shape index (κ3) is 4.88. The molecule has 4 aromatic rings. The predicted octanol–water partition coefficient (Wildman–Crippen LogP) is 4.23. The Balaban J connectivity index is 1.51. The Bertz CT molecular complexity index is 1330. The van der Waals surface area contributed by atoms with E-state index in [9.17, 15) is 14.0 Å². The highest BCUT2D eigenvalue weighted by molar-refractivity contribution is 7.98. The van der Waals surface area contributed by atoms with Crippen LogP contribution in [0.5, 0.6) is 0 Å². The summed E-state index contributed by atoms with van der Waals surface area (Å²) in [5, 5.41) is 2.82. The van der Waals surface area contributed by atoms with Crippen molar-refractivity contribution in [3.05, 3.63) is 88.4 Å². The third-order valence-electron chi connectivity index (χ3n) is 4.65. The zero-order valence-corrected chi connectivity index (χ0v) is 18.5. The van der Waals surface area contributed by atoms with Gasteiger partial charge >= 0.3 is 0 Å². The predicted molar refractivity (Wildman–Crippen MR) is 122 cm³/mol. The Morgan fingerprint density at radius 1 is 1.16 bits per heavy atom. The number of fused-ring (bicyclic) bond motifs is 1. The van der Waals surface area contributed by atoms with Crippen molar-refractivity contribution in [2.75, 3.05) is 5.32 Å². The molecule has 2 aromatic heterocycles. The summed E-state index contributed by atoms with van der Waals surface area (Å²) in [6, 6.07) is 14.4. The van der Waals surface area contributed by atoms with E-state index >= 15 is 0 Å². The van der Waals surface area contributed by atoms with Crippen LogP contribution in [0.2, 0.25) is 0 Å². The second-order valence-electron chi connectivity index (χ2n) is 7.71. The highest BCUT2D eigenvalue weighted by atomic mass is 32.2.